The zero-order valence-corrected chi connectivity index (χ0v) is 18.5. The number of hydrogen-bond donors (Lipinski definition) is 1. The maximum atomic E-state index is 12.6. The second-order valence-electron chi connectivity index (χ2n) is 8.47. The summed E-state index contributed by atoms with van der Waals surface area (Å²) in [4.78, 5) is 14.9. The molecule has 2 aliphatic heterocycles. The zero-order valence-electron chi connectivity index (χ0n) is 17.7. The predicted octanol–water partition coefficient (Wildman–Crippen LogP) is 2.42. The van der Waals surface area contributed by atoms with Crippen LogP contribution < -0.4 is 10.1 Å². The van der Waals surface area contributed by atoms with E-state index in [1.54, 1.807) is 0 Å². The topological polar surface area (TPSA) is 75.7 Å². The number of rotatable bonds is 7. The number of ether oxygens (including phenoxy) is 1. The minimum absolute atomic E-state index is 0.00447. The van der Waals surface area contributed by atoms with Crippen LogP contribution in [0.4, 0.5) is 0 Å². The SMILES string of the molecule is O=C(COc1ccccc1Cc1ccccc1)NC1CS(=O)(=O)CC1N1CCCCC1. The quantitative estimate of drug-likeness (QED) is 0.713. The molecule has 0 saturated carbocycles. The van der Waals surface area contributed by atoms with Gasteiger partial charge in [-0.15, -0.1) is 0 Å². The van der Waals surface area contributed by atoms with Gasteiger partial charge in [-0.05, 0) is 43.1 Å². The molecular formula is C24H30N2O4S. The van der Waals surface area contributed by atoms with Gasteiger partial charge in [0.1, 0.15) is 5.75 Å². The van der Waals surface area contributed by atoms with Crippen LogP contribution in [0.15, 0.2) is 54.6 Å². The van der Waals surface area contributed by atoms with Crippen molar-refractivity contribution in [2.45, 2.75) is 37.8 Å². The Morgan fingerprint density at radius 3 is 2.45 bits per heavy atom. The molecule has 2 unspecified atom stereocenters. The highest BCUT2D eigenvalue weighted by molar-refractivity contribution is 7.91. The molecule has 0 aliphatic carbocycles. The lowest BCUT2D eigenvalue weighted by atomic mass is 10.0. The third-order valence-electron chi connectivity index (χ3n) is 6.10. The molecule has 1 amide bonds. The lowest BCUT2D eigenvalue weighted by Crippen LogP contribution is -2.53. The third-order valence-corrected chi connectivity index (χ3v) is 7.81. The van der Waals surface area contributed by atoms with Crippen LogP contribution in [0.1, 0.15) is 30.4 Å². The van der Waals surface area contributed by atoms with Gasteiger partial charge in [-0.3, -0.25) is 9.69 Å². The van der Waals surface area contributed by atoms with Gasteiger partial charge in [-0.2, -0.15) is 0 Å². The fourth-order valence-corrected chi connectivity index (χ4v) is 6.53. The minimum Gasteiger partial charge on any atom is -0.483 e. The molecule has 2 aromatic rings. The number of nitrogens with one attached hydrogen (secondary N) is 1. The van der Waals surface area contributed by atoms with Gasteiger partial charge in [0.15, 0.2) is 16.4 Å². The smallest absolute Gasteiger partial charge is 0.258 e. The maximum Gasteiger partial charge on any atom is 0.258 e. The minimum atomic E-state index is -3.15. The summed E-state index contributed by atoms with van der Waals surface area (Å²) in [6.07, 6.45) is 4.07. The molecule has 2 saturated heterocycles. The van der Waals surface area contributed by atoms with Crippen molar-refractivity contribution in [2.24, 2.45) is 0 Å². The molecule has 2 aliphatic rings. The van der Waals surface area contributed by atoms with E-state index in [0.717, 1.165) is 37.9 Å². The molecule has 2 atom stereocenters. The zero-order chi connectivity index (χ0) is 21.7. The summed E-state index contributed by atoms with van der Waals surface area (Å²) in [7, 11) is -3.15. The average Bonchev–Trinajstić information content (AvgIpc) is 3.08. The normalized spacial score (nSPS) is 23.4. The first kappa shape index (κ1) is 21.8. The van der Waals surface area contributed by atoms with E-state index in [4.69, 9.17) is 4.74 Å². The summed E-state index contributed by atoms with van der Waals surface area (Å²) < 4.78 is 30.4. The number of para-hydroxylation sites is 1. The number of sulfone groups is 1. The number of likely N-dealkylation sites (tertiary alicyclic amines) is 1. The van der Waals surface area contributed by atoms with E-state index in [2.05, 4.69) is 22.3 Å². The first-order chi connectivity index (χ1) is 15.0. The molecule has 4 rings (SSSR count). The largest absolute Gasteiger partial charge is 0.483 e. The molecule has 31 heavy (non-hydrogen) atoms. The van der Waals surface area contributed by atoms with E-state index in [0.29, 0.717) is 5.75 Å². The molecule has 7 heteroatoms. The van der Waals surface area contributed by atoms with Crippen LogP contribution in [0.3, 0.4) is 0 Å². The van der Waals surface area contributed by atoms with Crippen LogP contribution in [0.25, 0.3) is 0 Å². The molecule has 6 nitrogen and oxygen atoms in total. The van der Waals surface area contributed by atoms with Crippen molar-refractivity contribution in [1.29, 1.82) is 0 Å². The number of amides is 1. The van der Waals surface area contributed by atoms with E-state index in [1.165, 1.54) is 12.0 Å². The van der Waals surface area contributed by atoms with Crippen LogP contribution >= 0.6 is 0 Å². The molecule has 0 bridgehead atoms. The number of carbonyl (C=O) groups is 1. The van der Waals surface area contributed by atoms with E-state index in [-0.39, 0.29) is 36.1 Å². The number of carbonyl (C=O) groups excluding carboxylic acids is 1. The third kappa shape index (κ3) is 5.86. The Morgan fingerprint density at radius 1 is 0.968 bits per heavy atom. The molecule has 166 valence electrons. The number of piperidine rings is 1. The molecule has 2 aromatic carbocycles. The molecule has 0 aromatic heterocycles. The van der Waals surface area contributed by atoms with Gasteiger partial charge >= 0.3 is 0 Å². The Morgan fingerprint density at radius 2 is 1.68 bits per heavy atom. The lowest BCUT2D eigenvalue weighted by Gasteiger charge is -2.35. The van der Waals surface area contributed by atoms with Crippen LogP contribution in [0, 0.1) is 0 Å². The molecule has 1 N–H and O–H groups in total. The van der Waals surface area contributed by atoms with Gasteiger partial charge < -0.3 is 10.1 Å². The van der Waals surface area contributed by atoms with Crippen LogP contribution in [-0.2, 0) is 21.1 Å². The molecule has 2 heterocycles. The summed E-state index contributed by atoms with van der Waals surface area (Å²) in [5, 5.41) is 2.94. The number of hydrogen-bond acceptors (Lipinski definition) is 5. The van der Waals surface area contributed by atoms with Gasteiger partial charge in [-0.25, -0.2) is 8.42 Å². The Kier molecular flexibility index (Phi) is 6.92. The summed E-state index contributed by atoms with van der Waals surface area (Å²) in [6, 6.07) is 17.3. The van der Waals surface area contributed by atoms with Crippen molar-refractivity contribution in [1.82, 2.24) is 10.2 Å². The molecule has 0 radical (unpaired) electrons. The summed E-state index contributed by atoms with van der Waals surface area (Å²) in [5.41, 5.74) is 2.18. The Hall–Kier alpha value is -2.38. The van der Waals surface area contributed by atoms with Gasteiger partial charge in [0.2, 0.25) is 0 Å². The second-order valence-corrected chi connectivity index (χ2v) is 10.6. The predicted molar refractivity (Wildman–Crippen MR) is 121 cm³/mol. The van der Waals surface area contributed by atoms with Crippen LogP contribution in [0.2, 0.25) is 0 Å². The highest BCUT2D eigenvalue weighted by atomic mass is 32.2. The highest BCUT2D eigenvalue weighted by Crippen LogP contribution is 2.23. The fraction of sp³-hybridized carbons (Fsp3) is 0.458. The van der Waals surface area contributed by atoms with Crippen molar-refractivity contribution < 1.29 is 17.9 Å². The number of benzene rings is 2. The fourth-order valence-electron chi connectivity index (χ4n) is 4.57. The number of nitrogens with zero attached hydrogens (tertiary/aromatic N) is 1. The van der Waals surface area contributed by atoms with Crippen molar-refractivity contribution >= 4 is 15.7 Å². The van der Waals surface area contributed by atoms with Crippen LogP contribution in [-0.4, -0.2) is 62.5 Å². The lowest BCUT2D eigenvalue weighted by molar-refractivity contribution is -0.124. The Balaban J connectivity index is 1.37. The van der Waals surface area contributed by atoms with E-state index < -0.39 is 9.84 Å². The van der Waals surface area contributed by atoms with Crippen molar-refractivity contribution in [3.63, 3.8) is 0 Å². The maximum absolute atomic E-state index is 12.6. The van der Waals surface area contributed by atoms with E-state index >= 15 is 0 Å². The van der Waals surface area contributed by atoms with Crippen LogP contribution in [0.5, 0.6) is 5.75 Å². The Labute approximate surface area is 184 Å². The highest BCUT2D eigenvalue weighted by Gasteiger charge is 2.41. The van der Waals surface area contributed by atoms with Gasteiger partial charge in [0.25, 0.3) is 5.91 Å². The standard InChI is InChI=1S/C24H30N2O4S/c27-24(25-21-17-31(28,29)18-22(21)26-13-7-2-8-14-26)16-30-23-12-6-5-11-20(23)15-19-9-3-1-4-10-19/h1,3-6,9-12,21-22H,2,7-8,13-18H2,(H,25,27). The first-order valence-electron chi connectivity index (χ1n) is 11.0. The van der Waals surface area contributed by atoms with E-state index in [1.807, 2.05) is 42.5 Å². The average molecular weight is 443 g/mol. The summed E-state index contributed by atoms with van der Waals surface area (Å²) in [6.45, 7) is 1.67. The molecule has 2 fully saturated rings. The summed E-state index contributed by atoms with van der Waals surface area (Å²) >= 11 is 0. The Bertz CT molecular complexity index is 988. The van der Waals surface area contributed by atoms with Crippen molar-refractivity contribution in [2.75, 3.05) is 31.2 Å². The summed E-state index contributed by atoms with van der Waals surface area (Å²) in [5.74, 6) is 0.523. The van der Waals surface area contributed by atoms with Crippen molar-refractivity contribution in [3.05, 3.63) is 65.7 Å². The second kappa shape index (κ2) is 9.83. The molecule has 0 spiro atoms. The molecular weight excluding hydrogens is 412 g/mol. The van der Waals surface area contributed by atoms with Gasteiger partial charge in [0.05, 0.1) is 17.5 Å². The van der Waals surface area contributed by atoms with Crippen molar-refractivity contribution in [3.8, 4) is 5.75 Å². The van der Waals surface area contributed by atoms with E-state index in [9.17, 15) is 13.2 Å². The first-order valence-corrected chi connectivity index (χ1v) is 12.8. The monoisotopic (exact) mass is 442 g/mol. The van der Waals surface area contributed by atoms with Gasteiger partial charge in [-0.1, -0.05) is 55.0 Å². The van der Waals surface area contributed by atoms with Gasteiger partial charge in [0, 0.05) is 12.5 Å².